The lowest BCUT2D eigenvalue weighted by Gasteiger charge is -2.22. The van der Waals surface area contributed by atoms with Crippen LogP contribution in [0.4, 0.5) is 4.79 Å². The van der Waals surface area contributed by atoms with Crippen LogP contribution in [0, 0.1) is 0 Å². The standard InChI is InChI=1S/C19H19BrClN3O2/c1-11-10-15-14(8-9-16(26-3)17(15)20)18(23-24(11)19(25)22-2)12-4-6-13(21)7-5-12/h4-9,11H,10H2,1-3H3,(H,22,25). The van der Waals surface area contributed by atoms with Crippen molar-refractivity contribution in [3.8, 4) is 5.75 Å². The van der Waals surface area contributed by atoms with Gasteiger partial charge < -0.3 is 10.1 Å². The second-order valence-electron chi connectivity index (χ2n) is 6.02. The van der Waals surface area contributed by atoms with Gasteiger partial charge in [0.15, 0.2) is 0 Å². The van der Waals surface area contributed by atoms with Gasteiger partial charge in [0.2, 0.25) is 0 Å². The third-order valence-corrected chi connectivity index (χ3v) is 5.47. The van der Waals surface area contributed by atoms with Crippen molar-refractivity contribution in [3.63, 3.8) is 0 Å². The number of ether oxygens (including phenoxy) is 1. The van der Waals surface area contributed by atoms with Crippen LogP contribution < -0.4 is 10.1 Å². The van der Waals surface area contributed by atoms with Gasteiger partial charge in [0.1, 0.15) is 5.75 Å². The summed E-state index contributed by atoms with van der Waals surface area (Å²) in [7, 11) is 3.24. The average Bonchev–Trinajstić information content (AvgIpc) is 2.79. The van der Waals surface area contributed by atoms with Crippen LogP contribution >= 0.6 is 27.5 Å². The maximum atomic E-state index is 12.4. The molecule has 0 saturated carbocycles. The Bertz CT molecular complexity index is 868. The predicted octanol–water partition coefficient (Wildman–Crippen LogP) is 4.45. The van der Waals surface area contributed by atoms with Gasteiger partial charge in [-0.25, -0.2) is 9.80 Å². The summed E-state index contributed by atoms with van der Waals surface area (Å²) in [4.78, 5) is 12.4. The molecule has 2 aromatic rings. The lowest BCUT2D eigenvalue weighted by molar-refractivity contribution is 0.184. The van der Waals surface area contributed by atoms with E-state index in [1.165, 1.54) is 5.01 Å². The van der Waals surface area contributed by atoms with Gasteiger partial charge in [-0.15, -0.1) is 0 Å². The van der Waals surface area contributed by atoms with E-state index in [9.17, 15) is 4.79 Å². The number of nitrogens with zero attached hydrogens (tertiary/aromatic N) is 2. The molecule has 3 rings (SSSR count). The van der Waals surface area contributed by atoms with E-state index in [0.29, 0.717) is 17.2 Å². The van der Waals surface area contributed by atoms with Crippen molar-refractivity contribution in [2.45, 2.75) is 19.4 Å². The molecule has 136 valence electrons. The smallest absolute Gasteiger partial charge is 0.337 e. The minimum atomic E-state index is -0.250. The number of hydrazone groups is 1. The summed E-state index contributed by atoms with van der Waals surface area (Å²) in [5.41, 5.74) is 3.61. The summed E-state index contributed by atoms with van der Waals surface area (Å²) < 4.78 is 6.32. The molecule has 1 aliphatic rings. The summed E-state index contributed by atoms with van der Waals surface area (Å²) in [6, 6.07) is 10.9. The molecule has 1 unspecified atom stereocenters. The molecule has 1 N–H and O–H groups in total. The van der Waals surface area contributed by atoms with Gasteiger partial charge in [-0.2, -0.15) is 5.10 Å². The summed E-state index contributed by atoms with van der Waals surface area (Å²) in [5.74, 6) is 0.750. The fourth-order valence-corrected chi connectivity index (χ4v) is 3.80. The molecule has 0 fully saturated rings. The van der Waals surface area contributed by atoms with E-state index in [1.54, 1.807) is 14.2 Å². The van der Waals surface area contributed by atoms with E-state index < -0.39 is 0 Å². The van der Waals surface area contributed by atoms with Crippen LogP contribution in [0.5, 0.6) is 5.75 Å². The van der Waals surface area contributed by atoms with Crippen molar-refractivity contribution < 1.29 is 9.53 Å². The molecule has 0 bridgehead atoms. The van der Waals surface area contributed by atoms with Crippen molar-refractivity contribution >= 4 is 39.3 Å². The van der Waals surface area contributed by atoms with Gasteiger partial charge in [0, 0.05) is 23.2 Å². The maximum Gasteiger partial charge on any atom is 0.337 e. The second kappa shape index (κ2) is 7.68. The molecule has 1 aliphatic heterocycles. The molecule has 1 atom stereocenters. The zero-order valence-corrected chi connectivity index (χ0v) is 17.1. The number of amides is 2. The first-order valence-electron chi connectivity index (χ1n) is 8.17. The molecule has 5 nitrogen and oxygen atoms in total. The Morgan fingerprint density at radius 2 is 2.00 bits per heavy atom. The van der Waals surface area contributed by atoms with Crippen molar-refractivity contribution in [1.82, 2.24) is 10.3 Å². The van der Waals surface area contributed by atoms with Crippen molar-refractivity contribution in [3.05, 3.63) is 62.6 Å². The third kappa shape index (κ3) is 3.44. The Balaban J connectivity index is 2.23. The molecular formula is C19H19BrClN3O2. The molecule has 0 radical (unpaired) electrons. The van der Waals surface area contributed by atoms with Crippen molar-refractivity contribution in [2.75, 3.05) is 14.2 Å². The summed E-state index contributed by atoms with van der Waals surface area (Å²) >= 11 is 9.69. The molecule has 0 aromatic heterocycles. The minimum Gasteiger partial charge on any atom is -0.496 e. The van der Waals surface area contributed by atoms with E-state index in [-0.39, 0.29) is 12.1 Å². The normalized spacial score (nSPS) is 16.4. The van der Waals surface area contributed by atoms with E-state index in [4.69, 9.17) is 21.4 Å². The molecular weight excluding hydrogens is 418 g/mol. The number of halogens is 2. The number of carbonyl (C=O) groups excluding carboxylic acids is 1. The number of methoxy groups -OCH3 is 1. The Hall–Kier alpha value is -2.05. The first-order valence-corrected chi connectivity index (χ1v) is 9.34. The molecule has 2 aromatic carbocycles. The molecule has 7 heteroatoms. The monoisotopic (exact) mass is 435 g/mol. The van der Waals surface area contributed by atoms with Crippen LogP contribution in [-0.2, 0) is 6.42 Å². The van der Waals surface area contributed by atoms with Gasteiger partial charge in [0.25, 0.3) is 0 Å². The Kier molecular flexibility index (Phi) is 5.53. The fourth-order valence-electron chi connectivity index (χ4n) is 3.00. The lowest BCUT2D eigenvalue weighted by atomic mass is 9.94. The second-order valence-corrected chi connectivity index (χ2v) is 7.25. The highest BCUT2D eigenvalue weighted by molar-refractivity contribution is 9.10. The summed E-state index contributed by atoms with van der Waals surface area (Å²) in [6.45, 7) is 1.97. The SMILES string of the molecule is CNC(=O)N1N=C(c2ccc(Cl)cc2)c2ccc(OC)c(Br)c2CC1C. The van der Waals surface area contributed by atoms with E-state index >= 15 is 0 Å². The van der Waals surface area contributed by atoms with Gasteiger partial charge in [-0.05, 0) is 59.1 Å². The summed E-state index contributed by atoms with van der Waals surface area (Å²) in [5, 5.41) is 9.50. The lowest BCUT2D eigenvalue weighted by Crippen LogP contribution is -2.41. The Morgan fingerprint density at radius 3 is 2.62 bits per heavy atom. The number of hydrogen-bond donors (Lipinski definition) is 1. The quantitative estimate of drug-likeness (QED) is 0.756. The highest BCUT2D eigenvalue weighted by Crippen LogP contribution is 2.35. The van der Waals surface area contributed by atoms with E-state index in [1.807, 2.05) is 43.3 Å². The first kappa shape index (κ1) is 18.7. The number of carbonyl (C=O) groups is 1. The van der Waals surface area contributed by atoms with Crippen LogP contribution in [-0.4, -0.2) is 37.0 Å². The fraction of sp³-hybridized carbons (Fsp3) is 0.263. The van der Waals surface area contributed by atoms with Crippen LogP contribution in [0.15, 0.2) is 46.0 Å². The number of benzene rings is 2. The maximum absolute atomic E-state index is 12.4. The first-order chi connectivity index (χ1) is 12.5. The predicted molar refractivity (Wildman–Crippen MR) is 107 cm³/mol. The molecule has 0 saturated heterocycles. The zero-order valence-electron chi connectivity index (χ0n) is 14.7. The zero-order chi connectivity index (χ0) is 18.8. The highest BCUT2D eigenvalue weighted by atomic mass is 79.9. The van der Waals surface area contributed by atoms with Crippen molar-refractivity contribution in [1.29, 1.82) is 0 Å². The van der Waals surface area contributed by atoms with Crippen molar-refractivity contribution in [2.24, 2.45) is 5.10 Å². The van der Waals surface area contributed by atoms with Crippen LogP contribution in [0.2, 0.25) is 5.02 Å². The number of fused-ring (bicyclic) bond motifs is 1. The summed E-state index contributed by atoms with van der Waals surface area (Å²) in [6.07, 6.45) is 0.640. The molecule has 26 heavy (non-hydrogen) atoms. The van der Waals surface area contributed by atoms with Gasteiger partial charge in [0.05, 0.1) is 23.3 Å². The number of urea groups is 1. The third-order valence-electron chi connectivity index (χ3n) is 4.35. The van der Waals surface area contributed by atoms with Gasteiger partial charge in [-0.3, -0.25) is 0 Å². The van der Waals surface area contributed by atoms with Gasteiger partial charge in [-0.1, -0.05) is 23.7 Å². The minimum absolute atomic E-state index is 0.123. The molecule has 2 amide bonds. The number of nitrogens with one attached hydrogen (secondary N) is 1. The van der Waals surface area contributed by atoms with Crippen LogP contribution in [0.3, 0.4) is 0 Å². The van der Waals surface area contributed by atoms with Crippen LogP contribution in [0.25, 0.3) is 0 Å². The number of rotatable bonds is 2. The van der Waals surface area contributed by atoms with Crippen LogP contribution in [0.1, 0.15) is 23.6 Å². The molecule has 0 aliphatic carbocycles. The largest absolute Gasteiger partial charge is 0.496 e. The van der Waals surface area contributed by atoms with E-state index in [2.05, 4.69) is 21.2 Å². The Morgan fingerprint density at radius 1 is 1.31 bits per heavy atom. The Labute approximate surface area is 166 Å². The highest BCUT2D eigenvalue weighted by Gasteiger charge is 2.28. The number of hydrogen-bond acceptors (Lipinski definition) is 3. The average molecular weight is 437 g/mol. The topological polar surface area (TPSA) is 53.9 Å². The van der Waals surface area contributed by atoms with E-state index in [0.717, 1.165) is 26.9 Å². The van der Waals surface area contributed by atoms with Gasteiger partial charge >= 0.3 is 6.03 Å². The molecule has 0 spiro atoms. The molecule has 1 heterocycles.